The van der Waals surface area contributed by atoms with Gasteiger partial charge >= 0.3 is 0 Å². The van der Waals surface area contributed by atoms with Crippen LogP contribution < -0.4 is 10.1 Å². The molecule has 1 aromatic carbocycles. The Balaban J connectivity index is 1.42. The fourth-order valence-corrected chi connectivity index (χ4v) is 5.28. The predicted octanol–water partition coefficient (Wildman–Crippen LogP) is 4.08. The summed E-state index contributed by atoms with van der Waals surface area (Å²) in [5.74, 6) is 0.884. The largest absolute Gasteiger partial charge is 0.497 e. The van der Waals surface area contributed by atoms with Crippen molar-refractivity contribution in [3.63, 3.8) is 0 Å². The lowest BCUT2D eigenvalue weighted by Crippen LogP contribution is -2.42. The highest BCUT2D eigenvalue weighted by atomic mass is 32.1. The Hall–Kier alpha value is -2.15. The van der Waals surface area contributed by atoms with Crippen LogP contribution >= 0.6 is 22.7 Å². The van der Waals surface area contributed by atoms with Gasteiger partial charge in [0, 0.05) is 22.8 Å². The summed E-state index contributed by atoms with van der Waals surface area (Å²) in [5, 5.41) is 7.33. The third-order valence-electron chi connectivity index (χ3n) is 4.87. The van der Waals surface area contributed by atoms with E-state index in [0.29, 0.717) is 13.1 Å². The van der Waals surface area contributed by atoms with Crippen molar-refractivity contribution in [3.05, 3.63) is 74.1 Å². The van der Waals surface area contributed by atoms with Gasteiger partial charge in [0.25, 0.3) is 0 Å². The Morgan fingerprint density at radius 1 is 1.19 bits per heavy atom. The van der Waals surface area contributed by atoms with Gasteiger partial charge < -0.3 is 10.1 Å². The molecular weight excluding hydrogens is 376 g/mol. The minimum Gasteiger partial charge on any atom is -0.497 e. The summed E-state index contributed by atoms with van der Waals surface area (Å²) in [6.45, 7) is 1.85. The first kappa shape index (κ1) is 18.2. The Labute approximate surface area is 167 Å². The number of nitrogens with one attached hydrogen (secondary N) is 1. The highest BCUT2D eigenvalue weighted by molar-refractivity contribution is 7.10. The van der Waals surface area contributed by atoms with Crippen LogP contribution in [0.25, 0.3) is 0 Å². The molecule has 4 nitrogen and oxygen atoms in total. The molecule has 0 fully saturated rings. The van der Waals surface area contributed by atoms with Gasteiger partial charge in [-0.1, -0.05) is 18.2 Å². The van der Waals surface area contributed by atoms with E-state index in [0.717, 1.165) is 24.3 Å². The zero-order chi connectivity index (χ0) is 18.6. The number of hydrogen-bond donors (Lipinski definition) is 1. The third-order valence-corrected chi connectivity index (χ3v) is 6.80. The van der Waals surface area contributed by atoms with Crippen LogP contribution in [0.5, 0.6) is 5.75 Å². The van der Waals surface area contributed by atoms with E-state index < -0.39 is 0 Å². The molecule has 0 saturated carbocycles. The zero-order valence-electron chi connectivity index (χ0n) is 15.2. The van der Waals surface area contributed by atoms with Gasteiger partial charge in [-0.25, -0.2) is 0 Å². The molecule has 1 aliphatic rings. The maximum absolute atomic E-state index is 12.6. The van der Waals surface area contributed by atoms with Crippen molar-refractivity contribution in [2.24, 2.45) is 0 Å². The number of amides is 1. The Morgan fingerprint density at radius 2 is 2.04 bits per heavy atom. The molecule has 1 amide bonds. The van der Waals surface area contributed by atoms with Gasteiger partial charge in [0.15, 0.2) is 0 Å². The molecule has 27 heavy (non-hydrogen) atoms. The number of nitrogens with zero attached hydrogens (tertiary/aromatic N) is 1. The summed E-state index contributed by atoms with van der Waals surface area (Å²) in [6, 6.07) is 14.4. The van der Waals surface area contributed by atoms with Crippen molar-refractivity contribution in [1.82, 2.24) is 10.2 Å². The first-order chi connectivity index (χ1) is 13.2. The van der Waals surface area contributed by atoms with Crippen LogP contribution in [-0.2, 0) is 17.8 Å². The number of fused-ring (bicyclic) bond motifs is 1. The maximum Gasteiger partial charge on any atom is 0.234 e. The second kappa shape index (κ2) is 8.25. The number of carbonyl (C=O) groups excluding carboxylic acids is 1. The second-order valence-corrected chi connectivity index (χ2v) is 8.54. The zero-order valence-corrected chi connectivity index (χ0v) is 16.8. The van der Waals surface area contributed by atoms with Crippen LogP contribution in [0.2, 0.25) is 0 Å². The first-order valence-corrected chi connectivity index (χ1v) is 10.7. The lowest BCUT2D eigenvalue weighted by molar-refractivity contribution is -0.122. The SMILES string of the molecule is COc1ccc(CNC(=O)CN2CCc3sccc3[C@@H]2c2cccs2)cc1. The van der Waals surface area contributed by atoms with Crippen LogP contribution in [0, 0.1) is 0 Å². The first-order valence-electron chi connectivity index (χ1n) is 8.98. The molecule has 0 unspecified atom stereocenters. The number of hydrogen-bond acceptors (Lipinski definition) is 5. The lowest BCUT2D eigenvalue weighted by atomic mass is 9.98. The van der Waals surface area contributed by atoms with Gasteiger partial charge in [-0.3, -0.25) is 9.69 Å². The molecule has 0 radical (unpaired) electrons. The summed E-state index contributed by atoms with van der Waals surface area (Å²) in [4.78, 5) is 17.6. The monoisotopic (exact) mass is 398 g/mol. The Kier molecular flexibility index (Phi) is 5.57. The van der Waals surface area contributed by atoms with Crippen LogP contribution in [0.1, 0.15) is 26.9 Å². The molecule has 6 heteroatoms. The summed E-state index contributed by atoms with van der Waals surface area (Å²) >= 11 is 3.59. The highest BCUT2D eigenvalue weighted by Crippen LogP contribution is 2.39. The van der Waals surface area contributed by atoms with Gasteiger partial charge in [-0.05, 0) is 52.6 Å². The molecule has 1 aliphatic heterocycles. The Bertz CT molecular complexity index is 887. The van der Waals surface area contributed by atoms with E-state index in [1.54, 1.807) is 18.4 Å². The molecule has 0 aliphatic carbocycles. The lowest BCUT2D eigenvalue weighted by Gasteiger charge is -2.34. The number of benzene rings is 1. The van der Waals surface area contributed by atoms with Crippen molar-refractivity contribution in [1.29, 1.82) is 0 Å². The molecule has 3 aromatic rings. The van der Waals surface area contributed by atoms with Gasteiger partial charge in [-0.15, -0.1) is 22.7 Å². The van der Waals surface area contributed by atoms with Crippen molar-refractivity contribution < 1.29 is 9.53 Å². The fourth-order valence-electron chi connectivity index (χ4n) is 3.50. The third kappa shape index (κ3) is 4.08. The van der Waals surface area contributed by atoms with Crippen molar-refractivity contribution in [2.75, 3.05) is 20.2 Å². The van der Waals surface area contributed by atoms with E-state index in [-0.39, 0.29) is 11.9 Å². The molecule has 4 rings (SSSR count). The number of thiophene rings is 2. The molecule has 0 bridgehead atoms. The summed E-state index contributed by atoms with van der Waals surface area (Å²) < 4.78 is 5.17. The molecule has 0 spiro atoms. The number of rotatable bonds is 6. The van der Waals surface area contributed by atoms with E-state index in [1.165, 1.54) is 15.3 Å². The quantitative estimate of drug-likeness (QED) is 0.680. The number of carbonyl (C=O) groups is 1. The molecule has 1 N–H and O–H groups in total. The van der Waals surface area contributed by atoms with E-state index in [9.17, 15) is 4.79 Å². The van der Waals surface area contributed by atoms with Crippen LogP contribution in [-0.4, -0.2) is 31.0 Å². The molecule has 2 aromatic heterocycles. The molecule has 1 atom stereocenters. The maximum atomic E-state index is 12.6. The van der Waals surface area contributed by atoms with Crippen LogP contribution in [0.3, 0.4) is 0 Å². The van der Waals surface area contributed by atoms with Gasteiger partial charge in [-0.2, -0.15) is 0 Å². The van der Waals surface area contributed by atoms with Crippen molar-refractivity contribution >= 4 is 28.6 Å². The molecule has 3 heterocycles. The summed E-state index contributed by atoms with van der Waals surface area (Å²) in [5.41, 5.74) is 2.43. The smallest absolute Gasteiger partial charge is 0.234 e. The van der Waals surface area contributed by atoms with E-state index in [4.69, 9.17) is 4.74 Å². The van der Waals surface area contributed by atoms with Crippen molar-refractivity contribution in [3.8, 4) is 5.75 Å². The molecule has 0 saturated heterocycles. The number of methoxy groups -OCH3 is 1. The minimum absolute atomic E-state index is 0.0612. The van der Waals surface area contributed by atoms with E-state index >= 15 is 0 Å². The average molecular weight is 399 g/mol. The number of ether oxygens (including phenoxy) is 1. The van der Waals surface area contributed by atoms with E-state index in [2.05, 4.69) is 39.2 Å². The molecule has 140 valence electrons. The van der Waals surface area contributed by atoms with Gasteiger partial charge in [0.1, 0.15) is 5.75 Å². The standard InChI is InChI=1S/C21H22N2O2S2/c1-25-16-6-4-15(5-7-16)13-22-20(24)14-23-10-8-18-17(9-12-27-18)21(23)19-3-2-11-26-19/h2-7,9,11-12,21H,8,10,13-14H2,1H3,(H,22,24)/t21-/m1/s1. The van der Waals surface area contributed by atoms with Crippen molar-refractivity contribution in [2.45, 2.75) is 19.0 Å². The minimum atomic E-state index is 0.0612. The predicted molar refractivity (Wildman–Crippen MR) is 111 cm³/mol. The summed E-state index contributed by atoms with van der Waals surface area (Å²) in [7, 11) is 1.65. The van der Waals surface area contributed by atoms with Crippen LogP contribution in [0.4, 0.5) is 0 Å². The van der Waals surface area contributed by atoms with E-state index in [1.807, 2.05) is 35.6 Å². The fraction of sp³-hybridized carbons (Fsp3) is 0.286. The van der Waals surface area contributed by atoms with Crippen LogP contribution in [0.15, 0.2) is 53.2 Å². The molecular formula is C21H22N2O2S2. The summed E-state index contributed by atoms with van der Waals surface area (Å²) in [6.07, 6.45) is 1.01. The van der Waals surface area contributed by atoms with Gasteiger partial charge in [0.2, 0.25) is 5.91 Å². The average Bonchev–Trinajstić information content (AvgIpc) is 3.38. The second-order valence-electron chi connectivity index (χ2n) is 6.56. The highest BCUT2D eigenvalue weighted by Gasteiger charge is 2.31. The topological polar surface area (TPSA) is 41.6 Å². The van der Waals surface area contributed by atoms with Gasteiger partial charge in [0.05, 0.1) is 19.7 Å². The Morgan fingerprint density at radius 3 is 2.78 bits per heavy atom. The normalized spacial score (nSPS) is 16.7.